The number of carbonyl (C=O) groups excluding carboxylic acids is 2. The van der Waals surface area contributed by atoms with Crippen LogP contribution in [-0.2, 0) is 9.59 Å². The molecule has 8 saturated carbocycles. The number of fused-ring (bicyclic) bond motifs is 10. The molecule has 44 heavy (non-hydrogen) atoms. The van der Waals surface area contributed by atoms with Crippen LogP contribution >= 0.6 is 0 Å². The number of rotatable bonds is 0. The summed E-state index contributed by atoms with van der Waals surface area (Å²) in [5, 5.41) is 21.4. The van der Waals surface area contributed by atoms with E-state index in [1.165, 1.54) is 64.2 Å². The molecule has 8 aliphatic carbocycles. The van der Waals surface area contributed by atoms with E-state index in [0.29, 0.717) is 46.1 Å². The van der Waals surface area contributed by atoms with Gasteiger partial charge in [-0.2, -0.15) is 0 Å². The molecule has 248 valence electrons. The third-order valence-corrected chi connectivity index (χ3v) is 18.0. The van der Waals surface area contributed by atoms with E-state index < -0.39 is 5.60 Å². The van der Waals surface area contributed by atoms with Crippen molar-refractivity contribution in [2.75, 3.05) is 0 Å². The predicted octanol–water partition coefficient (Wildman–Crippen LogP) is 8.55. The zero-order valence-electron chi connectivity index (χ0n) is 29.0. The van der Waals surface area contributed by atoms with Crippen LogP contribution in [0.1, 0.15) is 151 Å². The number of hydrogen-bond acceptors (Lipinski definition) is 4. The predicted molar refractivity (Wildman–Crippen MR) is 175 cm³/mol. The first kappa shape index (κ1) is 31.8. The Morgan fingerprint density at radius 1 is 0.591 bits per heavy atom. The second kappa shape index (κ2) is 10.6. The van der Waals surface area contributed by atoms with E-state index in [-0.39, 0.29) is 16.9 Å². The number of carbonyl (C=O) groups is 2. The monoisotopic (exact) mass is 608 g/mol. The third-order valence-electron chi connectivity index (χ3n) is 18.0. The van der Waals surface area contributed by atoms with Crippen LogP contribution in [0.3, 0.4) is 0 Å². The van der Waals surface area contributed by atoms with Gasteiger partial charge in [-0.25, -0.2) is 0 Å². The second-order valence-corrected chi connectivity index (χ2v) is 19.2. The highest BCUT2D eigenvalue weighted by molar-refractivity contribution is 5.80. The molecule has 8 fully saturated rings. The summed E-state index contributed by atoms with van der Waals surface area (Å²) in [7, 11) is 0. The van der Waals surface area contributed by atoms with Crippen LogP contribution in [0.5, 0.6) is 0 Å². The lowest BCUT2D eigenvalue weighted by Gasteiger charge is -2.62. The summed E-state index contributed by atoms with van der Waals surface area (Å²) in [6, 6.07) is 0. The highest BCUT2D eigenvalue weighted by atomic mass is 16.3. The fourth-order valence-electron chi connectivity index (χ4n) is 14.7. The van der Waals surface area contributed by atoms with Gasteiger partial charge in [-0.05, 0) is 165 Å². The van der Waals surface area contributed by atoms with Crippen molar-refractivity contribution in [3.63, 3.8) is 0 Å². The average Bonchev–Trinajstić information content (AvgIpc) is 3.41. The van der Waals surface area contributed by atoms with Crippen LogP contribution < -0.4 is 0 Å². The van der Waals surface area contributed by atoms with E-state index in [2.05, 4.69) is 41.5 Å². The summed E-state index contributed by atoms with van der Waals surface area (Å²) in [4.78, 5) is 24.0. The van der Waals surface area contributed by atoms with Crippen LogP contribution in [0.4, 0.5) is 0 Å². The van der Waals surface area contributed by atoms with E-state index in [9.17, 15) is 19.8 Å². The molecule has 0 heterocycles. The second-order valence-electron chi connectivity index (χ2n) is 19.2. The Kier molecular flexibility index (Phi) is 7.69. The highest BCUT2D eigenvalue weighted by Crippen LogP contribution is 2.69. The van der Waals surface area contributed by atoms with Crippen LogP contribution in [-0.4, -0.2) is 33.5 Å². The first-order chi connectivity index (χ1) is 20.6. The van der Waals surface area contributed by atoms with Crippen LogP contribution in [0, 0.1) is 74.9 Å². The van der Waals surface area contributed by atoms with Crippen LogP contribution in [0.15, 0.2) is 0 Å². The molecule has 4 heteroatoms. The maximum atomic E-state index is 12.1. The van der Waals surface area contributed by atoms with Gasteiger partial charge in [0.1, 0.15) is 11.6 Å². The SMILES string of the molecule is C[C@H]1CC(=O)C[C@@H]2CC[C@H]3[C@@H]4CC[C@H](O)[C@@]4(C)CC[C@@H]3[C@]21C.C[C@]12CCC(=O)C[C@@H]1CC[C@@H]1[C@@H]2CC[C@@]2(C)[C@H]1CC[C@]2(C)O. The minimum atomic E-state index is -0.469. The summed E-state index contributed by atoms with van der Waals surface area (Å²) in [6.07, 6.45) is 18.8. The van der Waals surface area contributed by atoms with Gasteiger partial charge in [0.2, 0.25) is 0 Å². The molecule has 0 saturated heterocycles. The van der Waals surface area contributed by atoms with Crippen molar-refractivity contribution in [3.05, 3.63) is 0 Å². The smallest absolute Gasteiger partial charge is 0.133 e. The summed E-state index contributed by atoms with van der Waals surface area (Å²) in [5.74, 6) is 7.43. The lowest BCUT2D eigenvalue weighted by Crippen LogP contribution is -2.56. The largest absolute Gasteiger partial charge is 0.393 e. The van der Waals surface area contributed by atoms with Crippen molar-refractivity contribution in [1.29, 1.82) is 0 Å². The molecule has 0 aromatic rings. The number of Topliss-reactive ketones (excluding diaryl/α,β-unsaturated/α-hetero) is 2. The van der Waals surface area contributed by atoms with E-state index >= 15 is 0 Å². The molecule has 0 radical (unpaired) electrons. The van der Waals surface area contributed by atoms with Crippen molar-refractivity contribution in [2.45, 2.75) is 162 Å². The Hall–Kier alpha value is -0.740. The normalized spacial score (nSPS) is 57.9. The Balaban J connectivity index is 0.000000142. The summed E-state index contributed by atoms with van der Waals surface area (Å²) in [6.45, 7) is 14.1. The summed E-state index contributed by atoms with van der Waals surface area (Å²) in [5.41, 5.74) is 0.598. The van der Waals surface area contributed by atoms with Gasteiger partial charge >= 0.3 is 0 Å². The van der Waals surface area contributed by atoms with E-state index in [1.807, 2.05) is 0 Å². The van der Waals surface area contributed by atoms with Crippen molar-refractivity contribution in [1.82, 2.24) is 0 Å². The lowest BCUT2D eigenvalue weighted by atomic mass is 9.43. The van der Waals surface area contributed by atoms with Gasteiger partial charge in [0.05, 0.1) is 11.7 Å². The first-order valence-electron chi connectivity index (χ1n) is 19.1. The molecular weight excluding hydrogens is 544 g/mol. The zero-order valence-corrected chi connectivity index (χ0v) is 29.0. The van der Waals surface area contributed by atoms with Crippen LogP contribution in [0.25, 0.3) is 0 Å². The molecular formula is C40H64O4. The third kappa shape index (κ3) is 4.40. The highest BCUT2D eigenvalue weighted by Gasteiger charge is 2.64. The number of aliphatic hydroxyl groups excluding tert-OH is 1. The maximum Gasteiger partial charge on any atom is 0.133 e. The van der Waals surface area contributed by atoms with E-state index in [1.54, 1.807) is 0 Å². The Bertz CT molecular complexity index is 1160. The van der Waals surface area contributed by atoms with Crippen molar-refractivity contribution in [3.8, 4) is 0 Å². The van der Waals surface area contributed by atoms with Crippen molar-refractivity contribution in [2.24, 2.45) is 74.9 Å². The van der Waals surface area contributed by atoms with Gasteiger partial charge < -0.3 is 10.2 Å². The number of aliphatic hydroxyl groups is 2. The van der Waals surface area contributed by atoms with Gasteiger partial charge in [0.15, 0.2) is 0 Å². The standard InChI is InChI=1S/2C20H32O2/c1-18-9-6-14(21)12-13(18)4-5-15-16(18)7-10-19(2)17(15)8-11-20(19,3)22;1-12-10-14(21)11-13-4-5-15-16-6-7-18(22)19(16,2)9-8-17(15)20(12,13)3/h13,15-17,22H,4-12H2,1-3H3;12-13,15-18,22H,4-11H2,1-3H3/t13-,15+,16-,17-,18-,19-,20-;12-,13-,15-,16-,17-,18-,19-,20-/m00/s1. The maximum absolute atomic E-state index is 12.1. The fourth-order valence-corrected chi connectivity index (χ4v) is 14.7. The van der Waals surface area contributed by atoms with Gasteiger partial charge in [0.25, 0.3) is 0 Å². The zero-order chi connectivity index (χ0) is 31.4. The molecule has 8 rings (SSSR count). The van der Waals surface area contributed by atoms with Crippen molar-refractivity contribution < 1.29 is 19.8 Å². The Morgan fingerprint density at radius 2 is 1.20 bits per heavy atom. The van der Waals surface area contributed by atoms with E-state index in [4.69, 9.17) is 0 Å². The molecule has 4 nitrogen and oxygen atoms in total. The molecule has 0 aliphatic heterocycles. The Labute approximate surface area is 268 Å². The quantitative estimate of drug-likeness (QED) is 0.289. The molecule has 0 spiro atoms. The van der Waals surface area contributed by atoms with Gasteiger partial charge in [-0.3, -0.25) is 9.59 Å². The number of ketones is 2. The lowest BCUT2D eigenvalue weighted by molar-refractivity contribution is -0.154. The number of hydrogen-bond donors (Lipinski definition) is 2. The minimum absolute atomic E-state index is 0.0747. The fraction of sp³-hybridized carbons (Fsp3) is 0.950. The Morgan fingerprint density at radius 3 is 1.95 bits per heavy atom. The topological polar surface area (TPSA) is 74.6 Å². The summed E-state index contributed by atoms with van der Waals surface area (Å²) < 4.78 is 0. The minimum Gasteiger partial charge on any atom is -0.393 e. The average molecular weight is 609 g/mol. The van der Waals surface area contributed by atoms with Crippen LogP contribution in [0.2, 0.25) is 0 Å². The molecule has 2 N–H and O–H groups in total. The van der Waals surface area contributed by atoms with Crippen molar-refractivity contribution >= 4 is 11.6 Å². The van der Waals surface area contributed by atoms with E-state index in [0.717, 1.165) is 74.5 Å². The van der Waals surface area contributed by atoms with Gasteiger partial charge in [-0.15, -0.1) is 0 Å². The summed E-state index contributed by atoms with van der Waals surface area (Å²) >= 11 is 0. The molecule has 0 bridgehead atoms. The molecule has 0 unspecified atom stereocenters. The molecule has 8 aliphatic rings. The molecule has 0 amide bonds. The van der Waals surface area contributed by atoms with Gasteiger partial charge in [-0.1, -0.05) is 34.6 Å². The first-order valence-corrected chi connectivity index (χ1v) is 19.1. The molecule has 0 aromatic carbocycles. The van der Waals surface area contributed by atoms with Gasteiger partial charge in [0, 0.05) is 25.7 Å². The molecule has 0 aromatic heterocycles. The molecule has 15 atom stereocenters.